The van der Waals surface area contributed by atoms with Crippen LogP contribution in [-0.2, 0) is 16.1 Å². The van der Waals surface area contributed by atoms with Crippen LogP contribution in [0.5, 0.6) is 0 Å². The number of imidazole rings is 1. The molecule has 1 aromatic rings. The van der Waals surface area contributed by atoms with Gasteiger partial charge in [0.25, 0.3) is 0 Å². The number of nitrogens with zero attached hydrogens (tertiary/aromatic N) is 2. The summed E-state index contributed by atoms with van der Waals surface area (Å²) in [7, 11) is 0. The molecule has 0 spiro atoms. The minimum absolute atomic E-state index is 0.220. The Morgan fingerprint density at radius 2 is 2.33 bits per heavy atom. The van der Waals surface area contributed by atoms with E-state index in [-0.39, 0.29) is 6.61 Å². The Balaban J connectivity index is 2.23. The molecule has 0 bridgehead atoms. The van der Waals surface area contributed by atoms with Crippen molar-refractivity contribution < 1.29 is 14.6 Å². The Bertz CT molecular complexity index is 314. The first-order chi connectivity index (χ1) is 7.11. The summed E-state index contributed by atoms with van der Waals surface area (Å²) in [6, 6.07) is 0. The van der Waals surface area contributed by atoms with Gasteiger partial charge in [-0.2, -0.15) is 0 Å². The summed E-state index contributed by atoms with van der Waals surface area (Å²) < 4.78 is 7.03. The Morgan fingerprint density at radius 3 is 2.87 bits per heavy atom. The third-order valence-electron chi connectivity index (χ3n) is 2.15. The van der Waals surface area contributed by atoms with Gasteiger partial charge in [0.1, 0.15) is 12.4 Å². The van der Waals surface area contributed by atoms with E-state index < -0.39 is 5.97 Å². The number of aromatic nitrogens is 2. The van der Waals surface area contributed by atoms with E-state index in [1.54, 1.807) is 0 Å². The number of carbonyl (C=O) groups is 1. The van der Waals surface area contributed by atoms with E-state index in [4.69, 9.17) is 9.84 Å². The molecule has 0 saturated heterocycles. The molecule has 0 aliphatic heterocycles. The van der Waals surface area contributed by atoms with Crippen LogP contribution in [0.15, 0.2) is 6.20 Å². The van der Waals surface area contributed by atoms with Crippen LogP contribution in [0.25, 0.3) is 0 Å². The molecule has 0 fully saturated rings. The van der Waals surface area contributed by atoms with E-state index in [1.165, 1.54) is 0 Å². The fourth-order valence-corrected chi connectivity index (χ4v) is 1.40. The first kappa shape index (κ1) is 11.7. The molecule has 5 heteroatoms. The highest BCUT2D eigenvalue weighted by Crippen LogP contribution is 2.03. The molecule has 0 atom stereocenters. The minimum atomic E-state index is -0.926. The quantitative estimate of drug-likeness (QED) is 0.714. The van der Waals surface area contributed by atoms with Gasteiger partial charge >= 0.3 is 5.97 Å². The summed E-state index contributed by atoms with van der Waals surface area (Å²) in [4.78, 5) is 14.3. The molecule has 0 unspecified atom stereocenters. The number of hydrogen-bond donors (Lipinski definition) is 1. The Kier molecular flexibility index (Phi) is 4.30. The van der Waals surface area contributed by atoms with Crippen molar-refractivity contribution in [2.75, 3.05) is 13.2 Å². The van der Waals surface area contributed by atoms with Crippen LogP contribution in [0.1, 0.15) is 17.9 Å². The van der Waals surface area contributed by atoms with Crippen LogP contribution in [-0.4, -0.2) is 33.8 Å². The average molecular weight is 212 g/mol. The van der Waals surface area contributed by atoms with Gasteiger partial charge in [0.15, 0.2) is 0 Å². The second-order valence-electron chi connectivity index (χ2n) is 3.40. The molecule has 0 aliphatic rings. The van der Waals surface area contributed by atoms with E-state index in [2.05, 4.69) is 9.55 Å². The Hall–Kier alpha value is -1.36. The van der Waals surface area contributed by atoms with E-state index in [0.29, 0.717) is 6.61 Å². The summed E-state index contributed by atoms with van der Waals surface area (Å²) in [5.74, 6) is 0.0516. The SMILES string of the molecule is Cc1cnc(C)n1CCCOCC(=O)O. The van der Waals surface area contributed by atoms with E-state index >= 15 is 0 Å². The van der Waals surface area contributed by atoms with Crippen LogP contribution in [0, 0.1) is 13.8 Å². The zero-order valence-electron chi connectivity index (χ0n) is 9.06. The predicted molar refractivity (Wildman–Crippen MR) is 54.8 cm³/mol. The maximum Gasteiger partial charge on any atom is 0.329 e. The first-order valence-corrected chi connectivity index (χ1v) is 4.89. The highest BCUT2D eigenvalue weighted by atomic mass is 16.5. The lowest BCUT2D eigenvalue weighted by atomic mass is 10.4. The van der Waals surface area contributed by atoms with Gasteiger partial charge in [0.2, 0.25) is 0 Å². The largest absolute Gasteiger partial charge is 0.480 e. The van der Waals surface area contributed by atoms with Crippen LogP contribution >= 0.6 is 0 Å². The topological polar surface area (TPSA) is 64.4 Å². The summed E-state index contributed by atoms with van der Waals surface area (Å²) in [5.41, 5.74) is 1.12. The number of carboxylic acids is 1. The van der Waals surface area contributed by atoms with Gasteiger partial charge in [-0.25, -0.2) is 9.78 Å². The predicted octanol–water partition coefficient (Wildman–Crippen LogP) is 0.991. The second kappa shape index (κ2) is 5.50. The van der Waals surface area contributed by atoms with Gasteiger partial charge in [0, 0.05) is 25.0 Å². The van der Waals surface area contributed by atoms with Crippen molar-refractivity contribution in [1.29, 1.82) is 0 Å². The molecule has 1 aromatic heterocycles. The molecular formula is C10H16N2O3. The van der Waals surface area contributed by atoms with E-state index in [0.717, 1.165) is 24.5 Å². The number of aryl methyl sites for hydroxylation is 2. The molecule has 84 valence electrons. The lowest BCUT2D eigenvalue weighted by molar-refractivity contribution is -0.142. The van der Waals surface area contributed by atoms with Gasteiger partial charge in [-0.15, -0.1) is 0 Å². The molecule has 0 saturated carbocycles. The Labute approximate surface area is 88.7 Å². The second-order valence-corrected chi connectivity index (χ2v) is 3.40. The molecule has 5 nitrogen and oxygen atoms in total. The van der Waals surface area contributed by atoms with Gasteiger partial charge in [-0.1, -0.05) is 0 Å². The third kappa shape index (κ3) is 3.71. The lowest BCUT2D eigenvalue weighted by Gasteiger charge is -2.07. The van der Waals surface area contributed by atoms with Crippen molar-refractivity contribution in [3.63, 3.8) is 0 Å². The van der Waals surface area contributed by atoms with Crippen molar-refractivity contribution in [2.45, 2.75) is 26.8 Å². The highest BCUT2D eigenvalue weighted by Gasteiger charge is 2.02. The lowest BCUT2D eigenvalue weighted by Crippen LogP contribution is -2.10. The normalized spacial score (nSPS) is 10.5. The number of rotatable bonds is 6. The third-order valence-corrected chi connectivity index (χ3v) is 2.15. The van der Waals surface area contributed by atoms with E-state index in [1.807, 2.05) is 20.0 Å². The van der Waals surface area contributed by atoms with Crippen molar-refractivity contribution in [2.24, 2.45) is 0 Å². The summed E-state index contributed by atoms with van der Waals surface area (Å²) in [5, 5.41) is 8.34. The maximum atomic E-state index is 10.2. The minimum Gasteiger partial charge on any atom is -0.480 e. The molecule has 0 radical (unpaired) electrons. The highest BCUT2D eigenvalue weighted by molar-refractivity contribution is 5.67. The fraction of sp³-hybridized carbons (Fsp3) is 0.600. The fourth-order valence-electron chi connectivity index (χ4n) is 1.40. The monoisotopic (exact) mass is 212 g/mol. The molecule has 0 aromatic carbocycles. The van der Waals surface area contributed by atoms with E-state index in [9.17, 15) is 4.79 Å². The van der Waals surface area contributed by atoms with Crippen LogP contribution < -0.4 is 0 Å². The van der Waals surface area contributed by atoms with Crippen LogP contribution in [0.3, 0.4) is 0 Å². The number of ether oxygens (including phenoxy) is 1. The smallest absolute Gasteiger partial charge is 0.329 e. The summed E-state index contributed by atoms with van der Waals surface area (Å²) in [6.07, 6.45) is 2.62. The van der Waals surface area contributed by atoms with Gasteiger partial charge < -0.3 is 14.4 Å². The van der Waals surface area contributed by atoms with Crippen molar-refractivity contribution in [3.8, 4) is 0 Å². The maximum absolute atomic E-state index is 10.2. The molecule has 0 aliphatic carbocycles. The molecule has 0 amide bonds. The molecular weight excluding hydrogens is 196 g/mol. The summed E-state index contributed by atoms with van der Waals surface area (Å²) in [6.45, 7) is 5.01. The first-order valence-electron chi connectivity index (χ1n) is 4.89. The zero-order valence-corrected chi connectivity index (χ0v) is 9.06. The van der Waals surface area contributed by atoms with Gasteiger partial charge in [-0.05, 0) is 20.3 Å². The summed E-state index contributed by atoms with van der Waals surface area (Å²) >= 11 is 0. The van der Waals surface area contributed by atoms with Gasteiger partial charge in [0.05, 0.1) is 0 Å². The Morgan fingerprint density at radius 1 is 1.60 bits per heavy atom. The molecule has 1 rings (SSSR count). The van der Waals surface area contributed by atoms with Crippen LogP contribution in [0.4, 0.5) is 0 Å². The molecule has 15 heavy (non-hydrogen) atoms. The van der Waals surface area contributed by atoms with Crippen molar-refractivity contribution in [1.82, 2.24) is 9.55 Å². The van der Waals surface area contributed by atoms with Crippen LogP contribution in [0.2, 0.25) is 0 Å². The zero-order chi connectivity index (χ0) is 11.3. The number of carboxylic acid groups (broad SMARTS) is 1. The average Bonchev–Trinajstić information content (AvgIpc) is 2.47. The standard InChI is InChI=1S/C10H16N2O3/c1-8-6-11-9(2)12(8)4-3-5-15-7-10(13)14/h6H,3-5,7H2,1-2H3,(H,13,14). The molecule has 1 N–H and O–H groups in total. The number of hydrogen-bond acceptors (Lipinski definition) is 3. The van der Waals surface area contributed by atoms with Crippen molar-refractivity contribution in [3.05, 3.63) is 17.7 Å². The van der Waals surface area contributed by atoms with Gasteiger partial charge in [-0.3, -0.25) is 0 Å². The number of aliphatic carboxylic acids is 1. The van der Waals surface area contributed by atoms with Crippen molar-refractivity contribution >= 4 is 5.97 Å². The molecule has 1 heterocycles.